The number of nitrogens with two attached hydrogens (primary N) is 1. The highest BCUT2D eigenvalue weighted by Crippen LogP contribution is 2.51. The predicted octanol–water partition coefficient (Wildman–Crippen LogP) is 1.29. The van der Waals surface area contributed by atoms with E-state index in [9.17, 15) is 13.2 Å². The highest BCUT2D eigenvalue weighted by Gasteiger charge is 2.61. The predicted molar refractivity (Wildman–Crippen MR) is 26.8 cm³/mol. The van der Waals surface area contributed by atoms with Crippen LogP contribution >= 0.6 is 0 Å². The van der Waals surface area contributed by atoms with Crippen LogP contribution in [0.15, 0.2) is 0 Å². The normalized spacial score (nSPS) is 43.0. The second kappa shape index (κ2) is 1.42. The maximum Gasteiger partial charge on any atom is 0.393 e. The van der Waals surface area contributed by atoms with Crippen molar-refractivity contribution in [3.63, 3.8) is 0 Å². The Morgan fingerprint density at radius 3 is 1.89 bits per heavy atom. The standard InChI is InChI=1S/C5H8F3N/c1-4(9)2-3(4)5(6,7)8/h3H,2,9H2,1H3/t3-,4-/m1/s1. The van der Waals surface area contributed by atoms with E-state index in [1.807, 2.05) is 0 Å². The molecule has 1 nitrogen and oxygen atoms in total. The van der Waals surface area contributed by atoms with Crippen LogP contribution in [-0.4, -0.2) is 11.7 Å². The van der Waals surface area contributed by atoms with E-state index in [0.717, 1.165) is 0 Å². The number of hydrogen-bond acceptors (Lipinski definition) is 1. The molecule has 0 spiro atoms. The van der Waals surface area contributed by atoms with Crippen LogP contribution in [0.3, 0.4) is 0 Å². The topological polar surface area (TPSA) is 26.0 Å². The van der Waals surface area contributed by atoms with Gasteiger partial charge in [0.2, 0.25) is 0 Å². The molecule has 0 radical (unpaired) electrons. The Hall–Kier alpha value is -0.250. The zero-order chi connectivity index (χ0) is 7.28. The van der Waals surface area contributed by atoms with Crippen molar-refractivity contribution in [2.24, 2.45) is 11.7 Å². The summed E-state index contributed by atoms with van der Waals surface area (Å²) in [7, 11) is 0. The highest BCUT2D eigenvalue weighted by atomic mass is 19.4. The van der Waals surface area contributed by atoms with E-state index >= 15 is 0 Å². The van der Waals surface area contributed by atoms with Crippen molar-refractivity contribution >= 4 is 0 Å². The van der Waals surface area contributed by atoms with Gasteiger partial charge in [-0.25, -0.2) is 0 Å². The van der Waals surface area contributed by atoms with Gasteiger partial charge in [0.25, 0.3) is 0 Å². The van der Waals surface area contributed by atoms with Crippen molar-refractivity contribution in [3.8, 4) is 0 Å². The first-order valence-electron chi connectivity index (χ1n) is 2.69. The van der Waals surface area contributed by atoms with Gasteiger partial charge in [-0.2, -0.15) is 13.2 Å². The summed E-state index contributed by atoms with van der Waals surface area (Å²) in [5.74, 6) is -1.26. The minimum atomic E-state index is -4.08. The van der Waals surface area contributed by atoms with Crippen molar-refractivity contribution < 1.29 is 13.2 Å². The lowest BCUT2D eigenvalue weighted by Crippen LogP contribution is -2.27. The van der Waals surface area contributed by atoms with E-state index < -0.39 is 17.6 Å². The van der Waals surface area contributed by atoms with E-state index in [2.05, 4.69) is 0 Å². The van der Waals surface area contributed by atoms with Crippen LogP contribution in [0.5, 0.6) is 0 Å². The van der Waals surface area contributed by atoms with Crippen LogP contribution in [0.2, 0.25) is 0 Å². The molecule has 0 amide bonds. The van der Waals surface area contributed by atoms with Crippen LogP contribution in [-0.2, 0) is 0 Å². The lowest BCUT2D eigenvalue weighted by atomic mass is 10.2. The molecule has 54 valence electrons. The number of rotatable bonds is 0. The summed E-state index contributed by atoms with van der Waals surface area (Å²) in [6.07, 6.45) is -4.00. The number of hydrogen-bond donors (Lipinski definition) is 1. The first-order chi connectivity index (χ1) is 3.84. The minimum absolute atomic E-state index is 0.0799. The number of halogens is 3. The number of alkyl halides is 3. The average Bonchev–Trinajstić information content (AvgIpc) is 2.10. The largest absolute Gasteiger partial charge is 0.393 e. The summed E-state index contributed by atoms with van der Waals surface area (Å²) < 4.78 is 35.0. The second-order valence-electron chi connectivity index (χ2n) is 2.80. The summed E-state index contributed by atoms with van der Waals surface area (Å²) in [5, 5.41) is 0. The molecule has 1 aliphatic carbocycles. The Morgan fingerprint density at radius 1 is 1.56 bits per heavy atom. The lowest BCUT2D eigenvalue weighted by Gasteiger charge is -2.06. The quantitative estimate of drug-likeness (QED) is 0.537. The van der Waals surface area contributed by atoms with Crippen molar-refractivity contribution in [2.75, 3.05) is 0 Å². The van der Waals surface area contributed by atoms with Crippen LogP contribution in [0.25, 0.3) is 0 Å². The molecule has 1 rings (SSSR count). The second-order valence-corrected chi connectivity index (χ2v) is 2.80. The molecule has 4 heteroatoms. The summed E-state index contributed by atoms with van der Waals surface area (Å²) in [6.45, 7) is 1.42. The average molecular weight is 139 g/mol. The zero-order valence-electron chi connectivity index (χ0n) is 5.00. The first kappa shape index (κ1) is 6.86. The fraction of sp³-hybridized carbons (Fsp3) is 1.00. The zero-order valence-corrected chi connectivity index (χ0v) is 5.00. The molecule has 0 aromatic rings. The minimum Gasteiger partial charge on any atom is -0.325 e. The van der Waals surface area contributed by atoms with Gasteiger partial charge >= 0.3 is 6.18 Å². The fourth-order valence-corrected chi connectivity index (χ4v) is 0.871. The smallest absolute Gasteiger partial charge is 0.325 e. The van der Waals surface area contributed by atoms with Gasteiger partial charge in [-0.05, 0) is 13.3 Å². The molecule has 2 N–H and O–H groups in total. The molecule has 1 aliphatic rings. The SMILES string of the molecule is C[C@@]1(N)C[C@H]1C(F)(F)F. The van der Waals surface area contributed by atoms with Crippen LogP contribution in [0.1, 0.15) is 13.3 Å². The Kier molecular flexibility index (Phi) is 1.09. The van der Waals surface area contributed by atoms with Gasteiger partial charge in [-0.1, -0.05) is 0 Å². The summed E-state index contributed by atoms with van der Waals surface area (Å²) in [4.78, 5) is 0. The molecule has 0 aromatic carbocycles. The van der Waals surface area contributed by atoms with Crippen molar-refractivity contribution in [3.05, 3.63) is 0 Å². The molecule has 0 aromatic heterocycles. The molecular formula is C5H8F3N. The van der Waals surface area contributed by atoms with Gasteiger partial charge in [0.05, 0.1) is 5.92 Å². The molecule has 0 bridgehead atoms. The van der Waals surface area contributed by atoms with Crippen LogP contribution in [0, 0.1) is 5.92 Å². The molecule has 0 heterocycles. The molecule has 2 atom stereocenters. The Bertz CT molecular complexity index is 127. The van der Waals surface area contributed by atoms with Crippen LogP contribution < -0.4 is 5.73 Å². The summed E-state index contributed by atoms with van der Waals surface area (Å²) in [5.41, 5.74) is 4.20. The molecular weight excluding hydrogens is 131 g/mol. The van der Waals surface area contributed by atoms with Gasteiger partial charge in [0.1, 0.15) is 0 Å². The lowest BCUT2D eigenvalue weighted by molar-refractivity contribution is -0.151. The van der Waals surface area contributed by atoms with Gasteiger partial charge in [0, 0.05) is 5.54 Å². The Balaban J connectivity index is 2.52. The van der Waals surface area contributed by atoms with Gasteiger partial charge in [0.15, 0.2) is 0 Å². The molecule has 1 saturated carbocycles. The molecule has 0 unspecified atom stereocenters. The molecule has 1 fully saturated rings. The Morgan fingerprint density at radius 2 is 1.89 bits per heavy atom. The summed E-state index contributed by atoms with van der Waals surface area (Å²) in [6, 6.07) is 0. The van der Waals surface area contributed by atoms with E-state index in [4.69, 9.17) is 5.73 Å². The van der Waals surface area contributed by atoms with Gasteiger partial charge in [-0.15, -0.1) is 0 Å². The van der Waals surface area contributed by atoms with Gasteiger partial charge in [-0.3, -0.25) is 0 Å². The third-order valence-corrected chi connectivity index (χ3v) is 1.67. The fourth-order valence-electron chi connectivity index (χ4n) is 0.871. The van der Waals surface area contributed by atoms with E-state index in [-0.39, 0.29) is 6.42 Å². The van der Waals surface area contributed by atoms with Crippen molar-refractivity contribution in [1.82, 2.24) is 0 Å². The summed E-state index contributed by atoms with van der Waals surface area (Å²) >= 11 is 0. The van der Waals surface area contributed by atoms with E-state index in [1.165, 1.54) is 6.92 Å². The van der Waals surface area contributed by atoms with Crippen molar-refractivity contribution in [2.45, 2.75) is 25.1 Å². The van der Waals surface area contributed by atoms with Crippen LogP contribution in [0.4, 0.5) is 13.2 Å². The van der Waals surface area contributed by atoms with E-state index in [1.54, 1.807) is 0 Å². The molecule has 0 saturated heterocycles. The molecule has 0 aliphatic heterocycles. The molecule has 9 heavy (non-hydrogen) atoms. The maximum absolute atomic E-state index is 11.7. The maximum atomic E-state index is 11.7. The Labute approximate surface area is 51.0 Å². The van der Waals surface area contributed by atoms with Gasteiger partial charge < -0.3 is 5.73 Å². The first-order valence-corrected chi connectivity index (χ1v) is 2.69. The third kappa shape index (κ3) is 1.18. The van der Waals surface area contributed by atoms with E-state index in [0.29, 0.717) is 0 Å². The van der Waals surface area contributed by atoms with Crippen molar-refractivity contribution in [1.29, 1.82) is 0 Å². The monoisotopic (exact) mass is 139 g/mol. The third-order valence-electron chi connectivity index (χ3n) is 1.67. The highest BCUT2D eigenvalue weighted by molar-refractivity contribution is 5.07.